The number of ether oxygens (including phenoxy) is 2. The maximum absolute atomic E-state index is 12.7. The lowest BCUT2D eigenvalue weighted by Gasteiger charge is -2.14. The minimum absolute atomic E-state index is 0.0632. The molecule has 0 saturated carbocycles. The first-order valence-corrected chi connectivity index (χ1v) is 5.69. The topological polar surface area (TPSA) is 30.8 Å². The molecule has 0 spiro atoms. The molecule has 1 aromatic carbocycles. The number of aliphatic imine (C=N–C) groups is 1. The second kappa shape index (κ2) is 5.27. The average molecular weight is 237 g/mol. The highest BCUT2D eigenvalue weighted by atomic mass is 19.1. The van der Waals surface area contributed by atoms with Gasteiger partial charge in [0.1, 0.15) is 18.5 Å². The Morgan fingerprint density at radius 1 is 1.47 bits per heavy atom. The Bertz CT molecular complexity index is 402. The van der Waals surface area contributed by atoms with Gasteiger partial charge < -0.3 is 9.47 Å². The molecule has 0 amide bonds. The van der Waals surface area contributed by atoms with Crippen LogP contribution in [-0.4, -0.2) is 25.2 Å². The van der Waals surface area contributed by atoms with Crippen molar-refractivity contribution in [2.75, 3.05) is 13.2 Å². The number of hydrogen-bond acceptors (Lipinski definition) is 3. The number of hydrogen-bond donors (Lipinski definition) is 0. The Kier molecular flexibility index (Phi) is 3.74. The van der Waals surface area contributed by atoms with Crippen LogP contribution >= 0.6 is 0 Å². The summed E-state index contributed by atoms with van der Waals surface area (Å²) < 4.78 is 23.7. The second-order valence-corrected chi connectivity index (χ2v) is 4.14. The van der Waals surface area contributed by atoms with E-state index in [1.54, 1.807) is 12.1 Å². The van der Waals surface area contributed by atoms with Crippen molar-refractivity contribution in [3.63, 3.8) is 0 Å². The van der Waals surface area contributed by atoms with Crippen molar-refractivity contribution in [2.45, 2.75) is 26.0 Å². The molecule has 0 aromatic heterocycles. The molecule has 1 heterocycles. The van der Waals surface area contributed by atoms with E-state index in [0.29, 0.717) is 19.1 Å². The molecule has 17 heavy (non-hydrogen) atoms. The second-order valence-electron chi connectivity index (χ2n) is 4.14. The van der Waals surface area contributed by atoms with Crippen molar-refractivity contribution >= 4 is 5.90 Å². The van der Waals surface area contributed by atoms with Gasteiger partial charge in [-0.2, -0.15) is 0 Å². The molecule has 1 aliphatic heterocycles. The normalized spacial score (nSPS) is 20.9. The van der Waals surface area contributed by atoms with Crippen LogP contribution in [0, 0.1) is 5.82 Å². The van der Waals surface area contributed by atoms with Gasteiger partial charge in [-0.3, -0.25) is 0 Å². The minimum atomic E-state index is -0.231. The highest BCUT2D eigenvalue weighted by Gasteiger charge is 2.17. The number of halogens is 1. The third-order valence-electron chi connectivity index (χ3n) is 2.73. The maximum atomic E-state index is 12.7. The van der Waals surface area contributed by atoms with E-state index in [-0.39, 0.29) is 18.0 Å². The van der Waals surface area contributed by atoms with E-state index >= 15 is 0 Å². The average Bonchev–Trinajstić information content (AvgIpc) is 2.73. The number of nitrogens with zero attached hydrogens (tertiary/aromatic N) is 1. The van der Waals surface area contributed by atoms with E-state index in [1.807, 2.05) is 13.8 Å². The Hall–Kier alpha value is -1.42. The van der Waals surface area contributed by atoms with Gasteiger partial charge in [0.25, 0.3) is 0 Å². The first-order valence-electron chi connectivity index (χ1n) is 5.69. The summed E-state index contributed by atoms with van der Waals surface area (Å²) in [6.45, 7) is 4.89. The van der Waals surface area contributed by atoms with E-state index in [1.165, 1.54) is 12.1 Å². The lowest BCUT2D eigenvalue weighted by molar-refractivity contribution is 0.0517. The summed E-state index contributed by atoms with van der Waals surface area (Å²) in [4.78, 5) is 4.28. The zero-order valence-electron chi connectivity index (χ0n) is 10.0. The molecule has 2 atom stereocenters. The highest BCUT2D eigenvalue weighted by molar-refractivity contribution is 5.74. The van der Waals surface area contributed by atoms with Gasteiger partial charge in [0.05, 0.1) is 12.7 Å². The van der Waals surface area contributed by atoms with Crippen molar-refractivity contribution in [3.05, 3.63) is 35.6 Å². The lowest BCUT2D eigenvalue weighted by atomic mass is 10.1. The molecule has 0 radical (unpaired) electrons. The first-order chi connectivity index (χ1) is 8.15. The van der Waals surface area contributed by atoms with Crippen LogP contribution in [0.4, 0.5) is 4.39 Å². The van der Waals surface area contributed by atoms with Gasteiger partial charge in [0, 0.05) is 6.92 Å². The molecule has 4 heteroatoms. The van der Waals surface area contributed by atoms with Crippen LogP contribution in [0.15, 0.2) is 29.3 Å². The molecule has 2 rings (SSSR count). The van der Waals surface area contributed by atoms with Gasteiger partial charge >= 0.3 is 0 Å². The minimum Gasteiger partial charge on any atom is -0.479 e. The monoisotopic (exact) mass is 237 g/mol. The van der Waals surface area contributed by atoms with Gasteiger partial charge in [-0.05, 0) is 24.6 Å². The predicted molar refractivity (Wildman–Crippen MR) is 63.6 cm³/mol. The standard InChI is InChI=1S/C13H16FNO2/c1-9(11-3-5-12(14)6-4-11)16-7-13-8-17-10(2)15-13/h3-6,9,13H,7-8H2,1-2H3. The molecule has 1 aromatic rings. The van der Waals surface area contributed by atoms with Crippen molar-refractivity contribution in [1.29, 1.82) is 0 Å². The summed E-state index contributed by atoms with van der Waals surface area (Å²) in [6, 6.07) is 6.43. The van der Waals surface area contributed by atoms with Crippen LogP contribution < -0.4 is 0 Å². The van der Waals surface area contributed by atoms with E-state index in [0.717, 1.165) is 5.56 Å². The maximum Gasteiger partial charge on any atom is 0.180 e. The SMILES string of the molecule is CC1=NC(COC(C)c2ccc(F)cc2)CO1. The molecule has 3 nitrogen and oxygen atoms in total. The van der Waals surface area contributed by atoms with E-state index in [4.69, 9.17) is 9.47 Å². The molecule has 0 fully saturated rings. The predicted octanol–water partition coefficient (Wildman–Crippen LogP) is 2.72. The molecule has 2 unspecified atom stereocenters. The van der Waals surface area contributed by atoms with Gasteiger partial charge in [0.15, 0.2) is 5.90 Å². The summed E-state index contributed by atoms with van der Waals surface area (Å²) >= 11 is 0. The zero-order valence-corrected chi connectivity index (χ0v) is 10.0. The van der Waals surface area contributed by atoms with E-state index in [9.17, 15) is 4.39 Å². The Morgan fingerprint density at radius 2 is 2.18 bits per heavy atom. The van der Waals surface area contributed by atoms with Gasteiger partial charge in [0.2, 0.25) is 0 Å². The van der Waals surface area contributed by atoms with Crippen LogP contribution in [0.1, 0.15) is 25.5 Å². The Labute approximate surface area is 100 Å². The van der Waals surface area contributed by atoms with Crippen LogP contribution in [0.25, 0.3) is 0 Å². The quantitative estimate of drug-likeness (QED) is 0.806. The fourth-order valence-corrected chi connectivity index (χ4v) is 1.72. The smallest absolute Gasteiger partial charge is 0.180 e. The van der Waals surface area contributed by atoms with Crippen LogP contribution in [0.5, 0.6) is 0 Å². The Balaban J connectivity index is 1.85. The molecule has 0 saturated heterocycles. The van der Waals surface area contributed by atoms with Gasteiger partial charge in [-0.25, -0.2) is 9.38 Å². The molecular weight excluding hydrogens is 221 g/mol. The molecule has 0 aliphatic carbocycles. The third-order valence-corrected chi connectivity index (χ3v) is 2.73. The third kappa shape index (κ3) is 3.27. The summed E-state index contributed by atoms with van der Waals surface area (Å²) in [6.07, 6.45) is -0.0632. The zero-order chi connectivity index (χ0) is 12.3. The van der Waals surface area contributed by atoms with Gasteiger partial charge in [-0.1, -0.05) is 12.1 Å². The fourth-order valence-electron chi connectivity index (χ4n) is 1.72. The van der Waals surface area contributed by atoms with Crippen LogP contribution in [0.3, 0.4) is 0 Å². The lowest BCUT2D eigenvalue weighted by Crippen LogP contribution is -2.16. The van der Waals surface area contributed by atoms with E-state index < -0.39 is 0 Å². The molecular formula is C13H16FNO2. The molecule has 1 aliphatic rings. The van der Waals surface area contributed by atoms with Gasteiger partial charge in [-0.15, -0.1) is 0 Å². The molecule has 92 valence electrons. The van der Waals surface area contributed by atoms with Crippen molar-refractivity contribution in [3.8, 4) is 0 Å². The summed E-state index contributed by atoms with van der Waals surface area (Å²) in [5.74, 6) is 0.485. The van der Waals surface area contributed by atoms with Crippen molar-refractivity contribution in [1.82, 2.24) is 0 Å². The first kappa shape index (κ1) is 12.0. The number of benzene rings is 1. The molecule has 0 N–H and O–H groups in total. The number of rotatable bonds is 4. The van der Waals surface area contributed by atoms with Crippen LogP contribution in [0.2, 0.25) is 0 Å². The van der Waals surface area contributed by atoms with Crippen molar-refractivity contribution in [2.24, 2.45) is 4.99 Å². The molecule has 0 bridgehead atoms. The largest absolute Gasteiger partial charge is 0.479 e. The summed E-state index contributed by atoms with van der Waals surface area (Å²) in [5, 5.41) is 0. The Morgan fingerprint density at radius 3 is 2.76 bits per heavy atom. The highest BCUT2D eigenvalue weighted by Crippen LogP contribution is 2.18. The van der Waals surface area contributed by atoms with Crippen LogP contribution in [-0.2, 0) is 9.47 Å². The fraction of sp³-hybridized carbons (Fsp3) is 0.462. The summed E-state index contributed by atoms with van der Waals surface area (Å²) in [7, 11) is 0. The summed E-state index contributed by atoms with van der Waals surface area (Å²) in [5.41, 5.74) is 0.964. The van der Waals surface area contributed by atoms with E-state index in [2.05, 4.69) is 4.99 Å². The van der Waals surface area contributed by atoms with Crippen molar-refractivity contribution < 1.29 is 13.9 Å².